The van der Waals surface area contributed by atoms with E-state index in [1.165, 1.54) is 11.6 Å². The zero-order valence-electron chi connectivity index (χ0n) is 13.8. The van der Waals surface area contributed by atoms with Crippen molar-refractivity contribution in [1.29, 1.82) is 0 Å². The van der Waals surface area contributed by atoms with E-state index in [9.17, 15) is 9.59 Å². The standard InChI is InChI=1S/C19H20ClNO3/c1-3-24-19(23)15-9-10-17(16(20)12-15)21-18(22)11-8-14-6-4-13(2)5-7-14/h4-7,9-10,12H,3,8,11H2,1-2H3,(H,21,22). The summed E-state index contributed by atoms with van der Waals surface area (Å²) in [7, 11) is 0. The minimum Gasteiger partial charge on any atom is -0.462 e. The number of carbonyl (C=O) groups excluding carboxylic acids is 2. The molecule has 0 bridgehead atoms. The first-order chi connectivity index (χ1) is 11.5. The van der Waals surface area contributed by atoms with E-state index in [4.69, 9.17) is 16.3 Å². The van der Waals surface area contributed by atoms with Gasteiger partial charge >= 0.3 is 5.97 Å². The van der Waals surface area contributed by atoms with Gasteiger partial charge in [-0.2, -0.15) is 0 Å². The number of anilines is 1. The van der Waals surface area contributed by atoms with Crippen molar-refractivity contribution in [3.8, 4) is 0 Å². The van der Waals surface area contributed by atoms with E-state index < -0.39 is 5.97 Å². The molecule has 0 unspecified atom stereocenters. The van der Waals surface area contributed by atoms with Gasteiger partial charge in [0.05, 0.1) is 22.9 Å². The predicted molar refractivity (Wildman–Crippen MR) is 95.5 cm³/mol. The maximum absolute atomic E-state index is 12.1. The third-order valence-corrected chi connectivity index (χ3v) is 3.83. The fourth-order valence-electron chi connectivity index (χ4n) is 2.18. The van der Waals surface area contributed by atoms with Crippen LogP contribution in [0.4, 0.5) is 5.69 Å². The maximum atomic E-state index is 12.1. The topological polar surface area (TPSA) is 55.4 Å². The number of ether oxygens (including phenoxy) is 1. The molecule has 0 heterocycles. The molecule has 2 rings (SSSR count). The fourth-order valence-corrected chi connectivity index (χ4v) is 2.41. The Morgan fingerprint density at radius 1 is 1.12 bits per heavy atom. The second-order valence-electron chi connectivity index (χ2n) is 5.45. The van der Waals surface area contributed by atoms with Crippen molar-refractivity contribution in [2.24, 2.45) is 0 Å². The van der Waals surface area contributed by atoms with E-state index in [0.717, 1.165) is 5.56 Å². The lowest BCUT2D eigenvalue weighted by Gasteiger charge is -2.09. The van der Waals surface area contributed by atoms with E-state index in [1.54, 1.807) is 19.1 Å². The molecule has 5 heteroatoms. The molecule has 2 aromatic rings. The summed E-state index contributed by atoms with van der Waals surface area (Å²) in [6, 6.07) is 12.8. The van der Waals surface area contributed by atoms with Gasteiger partial charge in [0.1, 0.15) is 0 Å². The highest BCUT2D eigenvalue weighted by Crippen LogP contribution is 2.23. The monoisotopic (exact) mass is 345 g/mol. The molecular weight excluding hydrogens is 326 g/mol. The van der Waals surface area contributed by atoms with Gasteiger partial charge in [-0.1, -0.05) is 41.4 Å². The zero-order chi connectivity index (χ0) is 17.5. The molecule has 2 aromatic carbocycles. The van der Waals surface area contributed by atoms with E-state index in [1.807, 2.05) is 31.2 Å². The molecule has 0 saturated heterocycles. The summed E-state index contributed by atoms with van der Waals surface area (Å²) in [6.07, 6.45) is 1.02. The predicted octanol–water partition coefficient (Wildman–Crippen LogP) is 4.40. The first-order valence-corrected chi connectivity index (χ1v) is 8.19. The molecule has 126 valence electrons. The van der Waals surface area contributed by atoms with E-state index in [2.05, 4.69) is 5.32 Å². The minimum atomic E-state index is -0.434. The first-order valence-electron chi connectivity index (χ1n) is 7.81. The van der Waals surface area contributed by atoms with Crippen LogP contribution in [0, 0.1) is 6.92 Å². The Balaban J connectivity index is 1.93. The van der Waals surface area contributed by atoms with Crippen LogP contribution in [0.3, 0.4) is 0 Å². The normalized spacial score (nSPS) is 10.3. The second kappa shape index (κ2) is 8.50. The van der Waals surface area contributed by atoms with Crippen molar-refractivity contribution in [3.05, 3.63) is 64.2 Å². The number of halogens is 1. The molecule has 4 nitrogen and oxygen atoms in total. The maximum Gasteiger partial charge on any atom is 0.338 e. The minimum absolute atomic E-state index is 0.124. The number of esters is 1. The van der Waals surface area contributed by atoms with Crippen molar-refractivity contribution >= 4 is 29.2 Å². The fraction of sp³-hybridized carbons (Fsp3) is 0.263. The van der Waals surface area contributed by atoms with E-state index >= 15 is 0 Å². The van der Waals surface area contributed by atoms with Gasteiger partial charge in [-0.3, -0.25) is 4.79 Å². The Kier molecular flexibility index (Phi) is 6.38. The van der Waals surface area contributed by atoms with Crippen LogP contribution < -0.4 is 5.32 Å². The summed E-state index contributed by atoms with van der Waals surface area (Å²) in [5.74, 6) is -0.557. The molecule has 1 amide bonds. The molecule has 0 saturated carbocycles. The van der Waals surface area contributed by atoms with Crippen molar-refractivity contribution in [1.82, 2.24) is 0 Å². The highest BCUT2D eigenvalue weighted by atomic mass is 35.5. The molecule has 0 fully saturated rings. The van der Waals surface area contributed by atoms with Crippen LogP contribution in [0.2, 0.25) is 5.02 Å². The Morgan fingerprint density at radius 3 is 2.46 bits per heavy atom. The van der Waals surface area contributed by atoms with Gasteiger partial charge in [0.25, 0.3) is 0 Å². The Bertz CT molecular complexity index is 726. The smallest absolute Gasteiger partial charge is 0.338 e. The number of nitrogens with one attached hydrogen (secondary N) is 1. The lowest BCUT2D eigenvalue weighted by molar-refractivity contribution is -0.116. The highest BCUT2D eigenvalue weighted by Gasteiger charge is 2.11. The van der Waals surface area contributed by atoms with Crippen LogP contribution in [-0.2, 0) is 16.0 Å². The summed E-state index contributed by atoms with van der Waals surface area (Å²) < 4.78 is 4.91. The van der Waals surface area contributed by atoms with Gasteiger partial charge in [-0.25, -0.2) is 4.79 Å². The molecule has 0 aliphatic heterocycles. The van der Waals surface area contributed by atoms with Gasteiger partial charge < -0.3 is 10.1 Å². The van der Waals surface area contributed by atoms with Crippen molar-refractivity contribution in [3.63, 3.8) is 0 Å². The summed E-state index contributed by atoms with van der Waals surface area (Å²) in [6.45, 7) is 4.06. The third-order valence-electron chi connectivity index (χ3n) is 3.52. The number of benzene rings is 2. The quantitative estimate of drug-likeness (QED) is 0.789. The van der Waals surface area contributed by atoms with Crippen LogP contribution in [-0.4, -0.2) is 18.5 Å². The Morgan fingerprint density at radius 2 is 1.83 bits per heavy atom. The number of hydrogen-bond acceptors (Lipinski definition) is 3. The van der Waals surface area contributed by atoms with Crippen LogP contribution in [0.25, 0.3) is 0 Å². The number of rotatable bonds is 6. The summed E-state index contributed by atoms with van der Waals surface area (Å²) in [5, 5.41) is 3.08. The zero-order valence-corrected chi connectivity index (χ0v) is 14.5. The van der Waals surface area contributed by atoms with Crippen LogP contribution in [0.5, 0.6) is 0 Å². The number of amides is 1. The average molecular weight is 346 g/mol. The highest BCUT2D eigenvalue weighted by molar-refractivity contribution is 6.34. The lowest BCUT2D eigenvalue weighted by atomic mass is 10.1. The van der Waals surface area contributed by atoms with Crippen LogP contribution >= 0.6 is 11.6 Å². The van der Waals surface area contributed by atoms with Crippen molar-refractivity contribution in [2.45, 2.75) is 26.7 Å². The second-order valence-corrected chi connectivity index (χ2v) is 5.86. The third kappa shape index (κ3) is 5.10. The summed E-state index contributed by atoms with van der Waals surface area (Å²) >= 11 is 6.13. The molecule has 0 spiro atoms. The van der Waals surface area contributed by atoms with Gasteiger partial charge in [0.2, 0.25) is 5.91 Å². The largest absolute Gasteiger partial charge is 0.462 e. The SMILES string of the molecule is CCOC(=O)c1ccc(NC(=O)CCc2ccc(C)cc2)c(Cl)c1. The Hall–Kier alpha value is -2.33. The van der Waals surface area contributed by atoms with Gasteiger partial charge in [-0.15, -0.1) is 0 Å². The Labute approximate surface area is 146 Å². The van der Waals surface area contributed by atoms with Crippen molar-refractivity contribution in [2.75, 3.05) is 11.9 Å². The van der Waals surface area contributed by atoms with Crippen LogP contribution in [0.1, 0.15) is 34.8 Å². The van der Waals surface area contributed by atoms with Gasteiger partial charge in [0, 0.05) is 6.42 Å². The summed E-state index contributed by atoms with van der Waals surface area (Å²) in [5.41, 5.74) is 3.15. The van der Waals surface area contributed by atoms with Gasteiger partial charge in [0.15, 0.2) is 0 Å². The average Bonchev–Trinajstić information content (AvgIpc) is 2.56. The van der Waals surface area contributed by atoms with E-state index in [0.29, 0.717) is 35.7 Å². The van der Waals surface area contributed by atoms with E-state index in [-0.39, 0.29) is 5.91 Å². The molecule has 24 heavy (non-hydrogen) atoms. The van der Waals surface area contributed by atoms with Crippen LogP contribution in [0.15, 0.2) is 42.5 Å². The summed E-state index contributed by atoms with van der Waals surface area (Å²) in [4.78, 5) is 23.7. The molecule has 1 N–H and O–H groups in total. The number of hydrogen-bond donors (Lipinski definition) is 1. The molecule has 0 aliphatic rings. The molecule has 0 aromatic heterocycles. The lowest BCUT2D eigenvalue weighted by Crippen LogP contribution is -2.13. The van der Waals surface area contributed by atoms with Crippen molar-refractivity contribution < 1.29 is 14.3 Å². The number of aryl methyl sites for hydroxylation is 2. The molecule has 0 radical (unpaired) electrons. The first kappa shape index (κ1) is 18.0. The molecule has 0 aliphatic carbocycles. The number of carbonyl (C=O) groups is 2. The molecular formula is C19H20ClNO3. The van der Waals surface area contributed by atoms with Gasteiger partial charge in [-0.05, 0) is 44.0 Å². The molecule has 0 atom stereocenters.